The molecule has 0 aromatic carbocycles. The van der Waals surface area contributed by atoms with Gasteiger partial charge in [0.25, 0.3) is 0 Å². The number of ether oxygens (including phenoxy) is 1. The quantitative estimate of drug-likeness (QED) is 0.268. The van der Waals surface area contributed by atoms with E-state index in [2.05, 4.69) is 52.6 Å². The minimum Gasteiger partial charge on any atom is -0.466 e. The highest BCUT2D eigenvalue weighted by Gasteiger charge is 2.39. The van der Waals surface area contributed by atoms with E-state index in [4.69, 9.17) is 9.16 Å². The van der Waals surface area contributed by atoms with Crippen LogP contribution in [0.3, 0.4) is 0 Å². The standard InChI is InChI=1S/C19H34O3Si/c1-8-10-11-12-13-14-15-17(16-18(20)21-9-2)22-23(6,7)19(3,4)5/h14-15,17H,8-11,16H2,1-7H3/b15-14-. The lowest BCUT2D eigenvalue weighted by molar-refractivity contribution is -0.144. The third-order valence-electron chi connectivity index (χ3n) is 4.08. The van der Waals surface area contributed by atoms with Gasteiger partial charge < -0.3 is 9.16 Å². The summed E-state index contributed by atoms with van der Waals surface area (Å²) in [6.45, 7) is 15.3. The zero-order valence-electron chi connectivity index (χ0n) is 16.0. The topological polar surface area (TPSA) is 35.5 Å². The van der Waals surface area contributed by atoms with E-state index in [1.165, 1.54) is 0 Å². The molecule has 0 radical (unpaired) electrons. The smallest absolute Gasteiger partial charge is 0.308 e. The molecule has 132 valence electrons. The highest BCUT2D eigenvalue weighted by Crippen LogP contribution is 2.37. The molecule has 0 spiro atoms. The molecule has 1 atom stereocenters. The molecule has 0 heterocycles. The Hall–Kier alpha value is -1.05. The van der Waals surface area contributed by atoms with E-state index >= 15 is 0 Å². The van der Waals surface area contributed by atoms with Crippen molar-refractivity contribution < 1.29 is 14.0 Å². The Morgan fingerprint density at radius 3 is 2.43 bits per heavy atom. The molecule has 3 nitrogen and oxygen atoms in total. The second-order valence-electron chi connectivity index (χ2n) is 7.21. The summed E-state index contributed by atoms with van der Waals surface area (Å²) < 4.78 is 11.4. The Morgan fingerprint density at radius 2 is 1.91 bits per heavy atom. The Bertz CT molecular complexity index is 436. The van der Waals surface area contributed by atoms with Gasteiger partial charge in [-0.25, -0.2) is 0 Å². The van der Waals surface area contributed by atoms with Crippen molar-refractivity contribution >= 4 is 14.3 Å². The maximum absolute atomic E-state index is 11.8. The Morgan fingerprint density at radius 1 is 1.26 bits per heavy atom. The van der Waals surface area contributed by atoms with Gasteiger partial charge in [0.05, 0.1) is 19.1 Å². The normalized spacial score (nSPS) is 13.5. The van der Waals surface area contributed by atoms with Gasteiger partial charge in [0.1, 0.15) is 0 Å². The molecule has 0 saturated heterocycles. The van der Waals surface area contributed by atoms with Crippen molar-refractivity contribution in [1.82, 2.24) is 0 Å². The molecule has 0 aliphatic carbocycles. The molecule has 0 fully saturated rings. The van der Waals surface area contributed by atoms with Gasteiger partial charge in [-0.2, -0.15) is 0 Å². The van der Waals surface area contributed by atoms with Crippen molar-refractivity contribution in [1.29, 1.82) is 0 Å². The summed E-state index contributed by atoms with van der Waals surface area (Å²) in [6.07, 6.45) is 6.87. The molecule has 0 bridgehead atoms. The van der Waals surface area contributed by atoms with E-state index in [0.29, 0.717) is 6.61 Å². The predicted molar refractivity (Wildman–Crippen MR) is 99.8 cm³/mol. The number of carbonyl (C=O) groups excluding carboxylic acids is 1. The molecule has 0 aromatic heterocycles. The van der Waals surface area contributed by atoms with Crippen LogP contribution >= 0.6 is 0 Å². The van der Waals surface area contributed by atoms with Crippen LogP contribution < -0.4 is 0 Å². The SMILES string of the molecule is CCCCC#C/C=C\C(CC(=O)OCC)O[Si](C)(C)C(C)(C)C. The summed E-state index contributed by atoms with van der Waals surface area (Å²) in [7, 11) is -1.95. The summed E-state index contributed by atoms with van der Waals surface area (Å²) in [5.74, 6) is 5.93. The lowest BCUT2D eigenvalue weighted by atomic mass is 10.2. The lowest BCUT2D eigenvalue weighted by Gasteiger charge is -2.38. The van der Waals surface area contributed by atoms with E-state index in [-0.39, 0.29) is 23.5 Å². The van der Waals surface area contributed by atoms with Gasteiger partial charge in [-0.15, -0.1) is 0 Å². The lowest BCUT2D eigenvalue weighted by Crippen LogP contribution is -2.44. The summed E-state index contributed by atoms with van der Waals surface area (Å²) >= 11 is 0. The predicted octanol–water partition coefficient (Wildman–Crippen LogP) is 5.08. The van der Waals surface area contributed by atoms with Crippen molar-refractivity contribution in [2.45, 2.75) is 84.5 Å². The molecule has 0 rings (SSSR count). The highest BCUT2D eigenvalue weighted by molar-refractivity contribution is 6.74. The summed E-state index contributed by atoms with van der Waals surface area (Å²) in [6, 6.07) is 0. The fraction of sp³-hybridized carbons (Fsp3) is 0.737. The molecule has 4 heteroatoms. The molecule has 0 amide bonds. The fourth-order valence-corrected chi connectivity index (χ4v) is 2.91. The summed E-state index contributed by atoms with van der Waals surface area (Å²) in [4.78, 5) is 11.8. The zero-order valence-corrected chi connectivity index (χ0v) is 17.0. The molecule has 1 unspecified atom stereocenters. The van der Waals surface area contributed by atoms with Gasteiger partial charge >= 0.3 is 5.97 Å². The fourth-order valence-electron chi connectivity index (χ4n) is 1.64. The highest BCUT2D eigenvalue weighted by atomic mass is 28.4. The van der Waals surface area contributed by atoms with Gasteiger partial charge in [0, 0.05) is 6.42 Å². The maximum atomic E-state index is 11.8. The van der Waals surface area contributed by atoms with Gasteiger partial charge in [0.15, 0.2) is 8.32 Å². The van der Waals surface area contributed by atoms with Crippen LogP contribution in [0.2, 0.25) is 18.1 Å². The van der Waals surface area contributed by atoms with Crippen molar-refractivity contribution in [3.05, 3.63) is 12.2 Å². The second-order valence-corrected chi connectivity index (χ2v) is 12.0. The van der Waals surface area contributed by atoms with Crippen molar-refractivity contribution in [3.63, 3.8) is 0 Å². The molecular formula is C19H34O3Si. The monoisotopic (exact) mass is 338 g/mol. The Balaban J connectivity index is 4.90. The van der Waals surface area contributed by atoms with Crippen molar-refractivity contribution in [2.75, 3.05) is 6.61 Å². The number of esters is 1. The van der Waals surface area contributed by atoms with Crippen LogP contribution in [-0.4, -0.2) is 27.0 Å². The molecule has 0 aliphatic heterocycles. The van der Waals surface area contributed by atoms with Crippen LogP contribution in [0, 0.1) is 11.8 Å². The summed E-state index contributed by atoms with van der Waals surface area (Å²) in [5.41, 5.74) is 0. The van der Waals surface area contributed by atoms with E-state index in [1.54, 1.807) is 0 Å². The Kier molecular flexibility index (Phi) is 10.2. The number of hydrogen-bond donors (Lipinski definition) is 0. The first kappa shape index (κ1) is 21.9. The first-order valence-corrected chi connectivity index (χ1v) is 11.5. The van der Waals surface area contributed by atoms with Crippen LogP contribution in [0.1, 0.15) is 60.3 Å². The summed E-state index contributed by atoms with van der Waals surface area (Å²) in [5, 5.41) is 0.0978. The number of rotatable bonds is 8. The van der Waals surface area contributed by atoms with Crippen molar-refractivity contribution in [2.24, 2.45) is 0 Å². The van der Waals surface area contributed by atoms with Crippen molar-refractivity contribution in [3.8, 4) is 11.8 Å². The van der Waals surface area contributed by atoms with Gasteiger partial charge in [0.2, 0.25) is 0 Å². The molecule has 23 heavy (non-hydrogen) atoms. The number of unbranched alkanes of at least 4 members (excludes halogenated alkanes) is 2. The largest absolute Gasteiger partial charge is 0.466 e. The van der Waals surface area contributed by atoms with Crippen LogP contribution in [0.5, 0.6) is 0 Å². The third kappa shape index (κ3) is 9.63. The first-order chi connectivity index (χ1) is 10.6. The minimum absolute atomic E-state index is 0.0978. The van der Waals surface area contributed by atoms with Gasteiger partial charge in [-0.05, 0) is 43.6 Å². The van der Waals surface area contributed by atoms with Crippen LogP contribution in [-0.2, 0) is 14.0 Å². The molecule has 0 aliphatic rings. The van der Waals surface area contributed by atoms with Crippen LogP contribution in [0.4, 0.5) is 0 Å². The average Bonchev–Trinajstić information content (AvgIpc) is 2.41. The molecule has 0 saturated carbocycles. The maximum Gasteiger partial charge on any atom is 0.308 e. The van der Waals surface area contributed by atoms with Crippen LogP contribution in [0.15, 0.2) is 12.2 Å². The van der Waals surface area contributed by atoms with Crippen LogP contribution in [0.25, 0.3) is 0 Å². The third-order valence-corrected chi connectivity index (χ3v) is 8.58. The number of hydrogen-bond acceptors (Lipinski definition) is 3. The van der Waals surface area contributed by atoms with E-state index in [1.807, 2.05) is 19.1 Å². The minimum atomic E-state index is -1.95. The van der Waals surface area contributed by atoms with Gasteiger partial charge in [-0.1, -0.05) is 46.0 Å². The zero-order chi connectivity index (χ0) is 17.9. The van der Waals surface area contributed by atoms with E-state index in [0.717, 1.165) is 19.3 Å². The number of carbonyl (C=O) groups is 1. The second kappa shape index (κ2) is 10.7. The molecular weight excluding hydrogens is 304 g/mol. The number of allylic oxidation sites excluding steroid dienone is 1. The van der Waals surface area contributed by atoms with E-state index < -0.39 is 8.32 Å². The molecule has 0 N–H and O–H groups in total. The van der Waals surface area contributed by atoms with E-state index in [9.17, 15) is 4.79 Å². The molecule has 0 aromatic rings. The Labute approximate surface area is 144 Å². The van der Waals surface area contributed by atoms with Gasteiger partial charge in [-0.3, -0.25) is 4.79 Å². The first-order valence-electron chi connectivity index (χ1n) is 8.62. The average molecular weight is 339 g/mol.